The minimum Gasteiger partial charge on any atom is -0.398 e. The third-order valence-corrected chi connectivity index (χ3v) is 3.42. The number of rotatable bonds is 3. The predicted octanol–water partition coefficient (Wildman–Crippen LogP) is 3.18. The Hall–Kier alpha value is -1.17. The minimum absolute atomic E-state index is 0.766. The fraction of sp³-hybridized carbons (Fsp3) is 0.333. The van der Waals surface area contributed by atoms with Crippen LogP contribution in [0.25, 0.3) is 0 Å². The Morgan fingerprint density at radius 2 is 2.05 bits per heavy atom. The number of hydrogen-bond donors (Lipinski definition) is 2. The van der Waals surface area contributed by atoms with Crippen molar-refractivity contribution in [1.82, 2.24) is 4.90 Å². The van der Waals surface area contributed by atoms with Crippen LogP contribution >= 0.6 is 22.6 Å². The molecule has 0 aromatic rings. The first-order valence-electron chi connectivity index (χ1n) is 6.23. The zero-order valence-corrected chi connectivity index (χ0v) is 13.8. The van der Waals surface area contributed by atoms with Gasteiger partial charge >= 0.3 is 0 Å². The second-order valence-electron chi connectivity index (χ2n) is 4.72. The van der Waals surface area contributed by atoms with Crippen LogP contribution in [0.4, 0.5) is 0 Å². The molecule has 4 N–H and O–H groups in total. The molecule has 0 unspecified atom stereocenters. The molecule has 1 aliphatic rings. The Labute approximate surface area is 129 Å². The molecule has 0 spiro atoms. The fourth-order valence-electron chi connectivity index (χ4n) is 2.13. The van der Waals surface area contributed by atoms with Crippen LogP contribution in [-0.2, 0) is 0 Å². The Balaban J connectivity index is 3.28. The highest BCUT2D eigenvalue weighted by Crippen LogP contribution is 2.29. The number of nitrogens with zero attached hydrogens (tertiary/aromatic N) is 1. The quantitative estimate of drug-likeness (QED) is 0.592. The molecule has 0 saturated carbocycles. The lowest BCUT2D eigenvalue weighted by atomic mass is 9.93. The van der Waals surface area contributed by atoms with Gasteiger partial charge in [0.1, 0.15) is 0 Å². The van der Waals surface area contributed by atoms with Crippen molar-refractivity contribution >= 4 is 22.6 Å². The van der Waals surface area contributed by atoms with Crippen LogP contribution in [0.3, 0.4) is 0 Å². The maximum Gasteiger partial charge on any atom is 0.0867 e. The van der Waals surface area contributed by atoms with E-state index in [1.807, 2.05) is 26.1 Å². The highest BCUT2D eigenvalue weighted by Gasteiger charge is 2.19. The van der Waals surface area contributed by atoms with Crippen molar-refractivity contribution in [3.63, 3.8) is 0 Å². The summed E-state index contributed by atoms with van der Waals surface area (Å²) >= 11 is 2.11. The van der Waals surface area contributed by atoms with Gasteiger partial charge in [0.05, 0.1) is 3.70 Å². The molecule has 1 rings (SSSR count). The van der Waals surface area contributed by atoms with Gasteiger partial charge in [0.2, 0.25) is 0 Å². The van der Waals surface area contributed by atoms with E-state index in [-0.39, 0.29) is 0 Å². The van der Waals surface area contributed by atoms with Crippen LogP contribution in [0.2, 0.25) is 0 Å². The highest BCUT2D eigenvalue weighted by atomic mass is 127. The topological polar surface area (TPSA) is 55.3 Å². The second-order valence-corrected chi connectivity index (χ2v) is 5.96. The van der Waals surface area contributed by atoms with E-state index in [1.165, 1.54) is 0 Å². The Bertz CT molecular complexity index is 480. The van der Waals surface area contributed by atoms with Gasteiger partial charge in [-0.25, -0.2) is 0 Å². The molecule has 1 heterocycles. The van der Waals surface area contributed by atoms with Crippen LogP contribution in [0, 0.1) is 0 Å². The largest absolute Gasteiger partial charge is 0.398 e. The number of halogens is 1. The van der Waals surface area contributed by atoms with Gasteiger partial charge in [-0.1, -0.05) is 24.8 Å². The number of allylic oxidation sites excluding steroid dienone is 2. The van der Waals surface area contributed by atoms with E-state index in [4.69, 9.17) is 11.5 Å². The number of nitrogens with two attached hydrogens (primary N) is 2. The summed E-state index contributed by atoms with van der Waals surface area (Å²) in [5, 5.41) is 0. The van der Waals surface area contributed by atoms with Gasteiger partial charge in [-0.05, 0) is 54.0 Å². The van der Waals surface area contributed by atoms with Crippen LogP contribution in [0.5, 0.6) is 0 Å². The average molecular weight is 371 g/mol. The molecule has 0 aliphatic carbocycles. The zero-order chi connectivity index (χ0) is 14.6. The first kappa shape index (κ1) is 15.9. The lowest BCUT2D eigenvalue weighted by Crippen LogP contribution is -2.21. The van der Waals surface area contributed by atoms with Gasteiger partial charge < -0.3 is 16.4 Å². The maximum absolute atomic E-state index is 6.12. The normalized spacial score (nSPS) is 18.7. The summed E-state index contributed by atoms with van der Waals surface area (Å²) in [6.07, 6.45) is 4.76. The van der Waals surface area contributed by atoms with Crippen LogP contribution < -0.4 is 11.5 Å². The fourth-order valence-corrected chi connectivity index (χ4v) is 2.53. The van der Waals surface area contributed by atoms with E-state index < -0.39 is 0 Å². The van der Waals surface area contributed by atoms with E-state index in [9.17, 15) is 0 Å². The smallest absolute Gasteiger partial charge is 0.0867 e. The summed E-state index contributed by atoms with van der Waals surface area (Å²) in [5.74, 6) is 0. The first-order valence-corrected chi connectivity index (χ1v) is 7.30. The van der Waals surface area contributed by atoms with E-state index in [1.54, 1.807) is 0 Å². The van der Waals surface area contributed by atoms with Crippen molar-refractivity contribution < 1.29 is 0 Å². The van der Waals surface area contributed by atoms with Crippen LogP contribution in [0.15, 0.2) is 57.1 Å². The van der Waals surface area contributed by atoms with E-state index in [0.29, 0.717) is 0 Å². The highest BCUT2D eigenvalue weighted by molar-refractivity contribution is 14.1. The van der Waals surface area contributed by atoms with Gasteiger partial charge in [-0.3, -0.25) is 0 Å². The molecule has 1 aliphatic heterocycles. The van der Waals surface area contributed by atoms with Gasteiger partial charge in [-0.15, -0.1) is 0 Å². The standard InChI is InChI=1S/C15H22IN3/c1-5-13(17)15-11(4)6-7-19(9-14(16)18)8-12(15)10(2)3/h5,9H,2,4,6-8,17-18H2,1,3H3/b13-5+,14-9+. The lowest BCUT2D eigenvalue weighted by molar-refractivity contribution is 0.418. The summed E-state index contributed by atoms with van der Waals surface area (Å²) in [7, 11) is 0. The van der Waals surface area contributed by atoms with Gasteiger partial charge in [0.15, 0.2) is 0 Å². The summed E-state index contributed by atoms with van der Waals surface area (Å²) in [5.41, 5.74) is 16.9. The number of hydrogen-bond acceptors (Lipinski definition) is 3. The average Bonchev–Trinajstić information content (AvgIpc) is 2.48. The van der Waals surface area contributed by atoms with E-state index in [2.05, 4.69) is 40.6 Å². The summed E-state index contributed by atoms with van der Waals surface area (Å²) in [6, 6.07) is 0. The Morgan fingerprint density at radius 3 is 2.53 bits per heavy atom. The molecular weight excluding hydrogens is 349 g/mol. The Morgan fingerprint density at radius 1 is 1.42 bits per heavy atom. The maximum atomic E-state index is 6.12. The van der Waals surface area contributed by atoms with Crippen LogP contribution in [-0.4, -0.2) is 18.0 Å². The molecule has 104 valence electrons. The summed E-state index contributed by atoms with van der Waals surface area (Å²) < 4.78 is 0.770. The van der Waals surface area contributed by atoms with Gasteiger partial charge in [-0.2, -0.15) is 0 Å². The van der Waals surface area contributed by atoms with Crippen molar-refractivity contribution in [3.8, 4) is 0 Å². The van der Waals surface area contributed by atoms with E-state index in [0.717, 1.165) is 51.2 Å². The van der Waals surface area contributed by atoms with Crippen molar-refractivity contribution in [2.45, 2.75) is 20.3 Å². The third kappa shape index (κ3) is 4.16. The molecule has 0 atom stereocenters. The van der Waals surface area contributed by atoms with Crippen molar-refractivity contribution in [2.75, 3.05) is 13.1 Å². The molecule has 3 nitrogen and oxygen atoms in total. The van der Waals surface area contributed by atoms with Crippen LogP contribution in [0.1, 0.15) is 20.3 Å². The molecule has 19 heavy (non-hydrogen) atoms. The lowest BCUT2D eigenvalue weighted by Gasteiger charge is -2.20. The van der Waals surface area contributed by atoms with Gasteiger partial charge in [0, 0.05) is 30.6 Å². The Kier molecular flexibility index (Phi) is 5.72. The zero-order valence-electron chi connectivity index (χ0n) is 11.7. The van der Waals surface area contributed by atoms with Crippen molar-refractivity contribution in [3.05, 3.63) is 57.1 Å². The van der Waals surface area contributed by atoms with Gasteiger partial charge in [0.25, 0.3) is 0 Å². The third-order valence-electron chi connectivity index (χ3n) is 3.14. The molecule has 0 aromatic heterocycles. The molecule has 0 amide bonds. The van der Waals surface area contributed by atoms with E-state index >= 15 is 0 Å². The second kappa shape index (κ2) is 6.84. The molecule has 0 saturated heterocycles. The molecule has 0 radical (unpaired) electrons. The molecular formula is C15H22IN3. The van der Waals surface area contributed by atoms with Crippen molar-refractivity contribution in [2.24, 2.45) is 11.5 Å². The monoisotopic (exact) mass is 371 g/mol. The predicted molar refractivity (Wildman–Crippen MR) is 91.4 cm³/mol. The molecule has 0 fully saturated rings. The van der Waals surface area contributed by atoms with Crippen molar-refractivity contribution in [1.29, 1.82) is 0 Å². The molecule has 4 heteroatoms. The summed E-state index contributed by atoms with van der Waals surface area (Å²) in [6.45, 7) is 13.8. The minimum atomic E-state index is 0.766. The molecule has 0 bridgehead atoms. The first-order chi connectivity index (χ1) is 8.86. The SMILES string of the molecule is C=C(C)C1=C(/C(N)=C\C)C(=C)CCN(/C=C(/N)I)C1. The molecule has 0 aromatic carbocycles. The summed E-state index contributed by atoms with van der Waals surface area (Å²) in [4.78, 5) is 2.19.